The minimum atomic E-state index is -0.0347. The van der Waals surface area contributed by atoms with Crippen molar-refractivity contribution in [1.29, 1.82) is 0 Å². The van der Waals surface area contributed by atoms with Crippen LogP contribution in [0.4, 0.5) is 11.4 Å². The normalized spacial score (nSPS) is 15.5. The van der Waals surface area contributed by atoms with Crippen molar-refractivity contribution in [2.75, 3.05) is 43.4 Å². The second-order valence-corrected chi connectivity index (χ2v) is 9.37. The van der Waals surface area contributed by atoms with Crippen LogP contribution < -0.4 is 15.8 Å². The molecule has 2 N–H and O–H groups in total. The van der Waals surface area contributed by atoms with Gasteiger partial charge in [0.2, 0.25) is 0 Å². The van der Waals surface area contributed by atoms with Gasteiger partial charge in [0.05, 0.1) is 0 Å². The molecule has 0 spiro atoms. The van der Waals surface area contributed by atoms with Crippen LogP contribution in [0.2, 0.25) is 0 Å². The van der Waals surface area contributed by atoms with Gasteiger partial charge in [-0.15, -0.1) is 0 Å². The number of aromatic nitrogens is 1. The smallest absolute Gasteiger partial charge is 0.253 e. The van der Waals surface area contributed by atoms with Crippen molar-refractivity contribution in [2.45, 2.75) is 32.7 Å². The standard InChI is InChI=1S/C25H32N4O/c1-25(2,3)20-5-10-23-18(16-20)15-19(24(30)27-23)17-26-21-6-8-22(9-7-21)29-13-11-28(4)12-14-29/h5-10,15-16,26H,11-14,17H2,1-4H3,(H,27,30). The molecule has 0 aliphatic carbocycles. The summed E-state index contributed by atoms with van der Waals surface area (Å²) < 4.78 is 0. The van der Waals surface area contributed by atoms with Crippen molar-refractivity contribution in [2.24, 2.45) is 0 Å². The molecule has 30 heavy (non-hydrogen) atoms. The minimum Gasteiger partial charge on any atom is -0.381 e. The van der Waals surface area contributed by atoms with Gasteiger partial charge in [0.1, 0.15) is 0 Å². The lowest BCUT2D eigenvalue weighted by Gasteiger charge is -2.34. The Kier molecular flexibility index (Phi) is 5.56. The third-order valence-electron chi connectivity index (χ3n) is 6.01. The lowest BCUT2D eigenvalue weighted by atomic mass is 9.86. The Balaban J connectivity index is 1.47. The molecule has 1 aliphatic rings. The van der Waals surface area contributed by atoms with Crippen LogP contribution in [-0.2, 0) is 12.0 Å². The zero-order valence-corrected chi connectivity index (χ0v) is 18.5. The molecule has 1 aliphatic heterocycles. The molecular weight excluding hydrogens is 372 g/mol. The topological polar surface area (TPSA) is 51.4 Å². The molecule has 0 radical (unpaired) electrons. The molecule has 158 valence electrons. The fourth-order valence-electron chi connectivity index (χ4n) is 3.90. The van der Waals surface area contributed by atoms with Crippen molar-refractivity contribution in [3.05, 3.63) is 70.0 Å². The van der Waals surface area contributed by atoms with Gasteiger partial charge in [0.15, 0.2) is 0 Å². The van der Waals surface area contributed by atoms with Crippen molar-refractivity contribution < 1.29 is 0 Å². The summed E-state index contributed by atoms with van der Waals surface area (Å²) in [6, 6.07) is 16.8. The highest BCUT2D eigenvalue weighted by molar-refractivity contribution is 5.80. The number of likely N-dealkylation sites (N-methyl/N-ethyl adjacent to an activating group) is 1. The lowest BCUT2D eigenvalue weighted by molar-refractivity contribution is 0.313. The Labute approximate surface area is 178 Å². The van der Waals surface area contributed by atoms with E-state index in [1.54, 1.807) is 0 Å². The van der Waals surface area contributed by atoms with Crippen LogP contribution in [0.1, 0.15) is 31.9 Å². The number of nitrogens with one attached hydrogen (secondary N) is 2. The van der Waals surface area contributed by atoms with Gasteiger partial charge in [-0.25, -0.2) is 0 Å². The molecule has 1 fully saturated rings. The second-order valence-electron chi connectivity index (χ2n) is 9.37. The predicted molar refractivity (Wildman–Crippen MR) is 127 cm³/mol. The first-order valence-corrected chi connectivity index (χ1v) is 10.7. The Morgan fingerprint density at radius 2 is 1.67 bits per heavy atom. The van der Waals surface area contributed by atoms with Gasteiger partial charge in [0.25, 0.3) is 5.56 Å². The molecule has 5 heteroatoms. The summed E-state index contributed by atoms with van der Waals surface area (Å²) in [5.41, 5.74) is 5.22. The van der Waals surface area contributed by atoms with E-state index in [4.69, 9.17) is 0 Å². The zero-order chi connectivity index (χ0) is 21.3. The largest absolute Gasteiger partial charge is 0.381 e. The van der Waals surface area contributed by atoms with Gasteiger partial charge < -0.3 is 20.1 Å². The number of piperazine rings is 1. The molecule has 1 saturated heterocycles. The number of benzene rings is 2. The number of H-pyrrole nitrogens is 1. The molecule has 0 unspecified atom stereocenters. The van der Waals surface area contributed by atoms with Crippen molar-refractivity contribution in [3.8, 4) is 0 Å². The molecular formula is C25H32N4O. The lowest BCUT2D eigenvalue weighted by Crippen LogP contribution is -2.44. The van der Waals surface area contributed by atoms with E-state index in [-0.39, 0.29) is 11.0 Å². The molecule has 2 aromatic carbocycles. The van der Waals surface area contributed by atoms with Crippen LogP contribution in [0.25, 0.3) is 10.9 Å². The Hall–Kier alpha value is -2.79. The SMILES string of the molecule is CN1CCN(c2ccc(NCc3cc4cc(C(C)(C)C)ccc4[nH]c3=O)cc2)CC1. The molecule has 5 nitrogen and oxygen atoms in total. The predicted octanol–water partition coefficient (Wildman–Crippen LogP) is 4.19. The van der Waals surface area contributed by atoms with Crippen LogP contribution in [-0.4, -0.2) is 43.1 Å². The molecule has 1 aromatic heterocycles. The molecule has 0 atom stereocenters. The average Bonchev–Trinajstić information content (AvgIpc) is 2.72. The van der Waals surface area contributed by atoms with Crippen LogP contribution in [0.15, 0.2) is 53.3 Å². The summed E-state index contributed by atoms with van der Waals surface area (Å²) in [6.45, 7) is 11.4. The van der Waals surface area contributed by atoms with Gasteiger partial charge in [-0.1, -0.05) is 26.8 Å². The van der Waals surface area contributed by atoms with E-state index in [1.807, 2.05) is 12.1 Å². The summed E-state index contributed by atoms with van der Waals surface area (Å²) in [5.74, 6) is 0. The Morgan fingerprint density at radius 1 is 0.967 bits per heavy atom. The quantitative estimate of drug-likeness (QED) is 0.685. The first kappa shape index (κ1) is 20.5. The Morgan fingerprint density at radius 3 is 2.33 bits per heavy atom. The number of fused-ring (bicyclic) bond motifs is 1. The minimum absolute atomic E-state index is 0.0347. The monoisotopic (exact) mass is 404 g/mol. The molecule has 4 rings (SSSR count). The number of rotatable bonds is 4. The number of pyridine rings is 1. The average molecular weight is 405 g/mol. The van der Waals surface area contributed by atoms with E-state index >= 15 is 0 Å². The third kappa shape index (κ3) is 4.51. The van der Waals surface area contributed by atoms with Crippen LogP contribution in [0, 0.1) is 0 Å². The maximum atomic E-state index is 12.5. The molecule has 3 aromatic rings. The summed E-state index contributed by atoms with van der Waals surface area (Å²) in [5, 5.41) is 4.48. The van der Waals surface area contributed by atoms with Gasteiger partial charge >= 0.3 is 0 Å². The zero-order valence-electron chi connectivity index (χ0n) is 18.5. The number of anilines is 2. The van der Waals surface area contributed by atoms with E-state index in [0.29, 0.717) is 6.54 Å². The first-order valence-electron chi connectivity index (χ1n) is 10.7. The van der Waals surface area contributed by atoms with Crippen LogP contribution in [0.5, 0.6) is 0 Å². The number of nitrogens with zero attached hydrogens (tertiary/aromatic N) is 2. The van der Waals surface area contributed by atoms with Gasteiger partial charge in [0, 0.05) is 55.2 Å². The van der Waals surface area contributed by atoms with Crippen LogP contribution >= 0.6 is 0 Å². The maximum Gasteiger partial charge on any atom is 0.253 e. The highest BCUT2D eigenvalue weighted by atomic mass is 16.1. The van der Waals surface area contributed by atoms with Crippen LogP contribution in [0.3, 0.4) is 0 Å². The van der Waals surface area contributed by atoms with Gasteiger partial charge in [-0.2, -0.15) is 0 Å². The van der Waals surface area contributed by atoms with E-state index in [1.165, 1.54) is 11.3 Å². The van der Waals surface area contributed by atoms with Crippen molar-refractivity contribution in [3.63, 3.8) is 0 Å². The number of aromatic amines is 1. The second kappa shape index (κ2) is 8.15. The molecule has 0 saturated carbocycles. The molecule has 0 bridgehead atoms. The summed E-state index contributed by atoms with van der Waals surface area (Å²) in [4.78, 5) is 20.3. The third-order valence-corrected chi connectivity index (χ3v) is 6.01. The van der Waals surface area contributed by atoms with E-state index < -0.39 is 0 Å². The maximum absolute atomic E-state index is 12.5. The fraction of sp³-hybridized carbons (Fsp3) is 0.400. The number of hydrogen-bond donors (Lipinski definition) is 2. The van der Waals surface area contributed by atoms with Gasteiger partial charge in [-0.05, 0) is 65.9 Å². The summed E-state index contributed by atoms with van der Waals surface area (Å²) >= 11 is 0. The van der Waals surface area contributed by atoms with E-state index in [9.17, 15) is 4.79 Å². The Bertz CT molecular complexity index is 1070. The fourth-order valence-corrected chi connectivity index (χ4v) is 3.90. The van der Waals surface area contributed by atoms with Crippen molar-refractivity contribution >= 4 is 22.3 Å². The first-order chi connectivity index (χ1) is 14.3. The van der Waals surface area contributed by atoms with Crippen molar-refractivity contribution in [1.82, 2.24) is 9.88 Å². The van der Waals surface area contributed by atoms with E-state index in [0.717, 1.165) is 48.3 Å². The number of hydrogen-bond acceptors (Lipinski definition) is 4. The summed E-state index contributed by atoms with van der Waals surface area (Å²) in [7, 11) is 2.17. The van der Waals surface area contributed by atoms with Gasteiger partial charge in [-0.3, -0.25) is 4.79 Å². The molecule has 2 heterocycles. The highest BCUT2D eigenvalue weighted by Crippen LogP contribution is 2.25. The summed E-state index contributed by atoms with van der Waals surface area (Å²) in [6.07, 6.45) is 0. The van der Waals surface area contributed by atoms with E-state index in [2.05, 4.69) is 84.3 Å². The highest BCUT2D eigenvalue weighted by Gasteiger charge is 2.15. The molecule has 0 amide bonds.